The average Bonchev–Trinajstić information content (AvgIpc) is 3.21. The molecule has 0 spiro atoms. The molecule has 1 amide bonds. The van der Waals surface area contributed by atoms with E-state index in [1.54, 1.807) is 21.5 Å². The molecule has 0 N–H and O–H groups in total. The highest BCUT2D eigenvalue weighted by molar-refractivity contribution is 7.16. The van der Waals surface area contributed by atoms with Crippen LogP contribution in [0.1, 0.15) is 28.5 Å². The summed E-state index contributed by atoms with van der Waals surface area (Å²) in [5, 5.41) is 4.11. The molecular weight excluding hydrogens is 352 g/mol. The molecule has 1 aromatic carbocycles. The highest BCUT2D eigenvalue weighted by Gasteiger charge is 2.15. The normalized spacial score (nSPS) is 11.9. The van der Waals surface area contributed by atoms with Crippen LogP contribution in [-0.4, -0.2) is 33.3 Å². The Balaban J connectivity index is 2.21. The molecule has 0 saturated carbocycles. The lowest BCUT2D eigenvalue weighted by atomic mass is 10.1. The Morgan fingerprint density at radius 3 is 2.77 bits per heavy atom. The maximum atomic E-state index is 12.6. The van der Waals surface area contributed by atoms with Gasteiger partial charge in [0.25, 0.3) is 5.91 Å². The van der Waals surface area contributed by atoms with Gasteiger partial charge in [-0.1, -0.05) is 17.4 Å². The smallest absolute Gasteiger partial charge is 0.325 e. The zero-order valence-corrected chi connectivity index (χ0v) is 16.0. The molecule has 2 heterocycles. The quantitative estimate of drug-likeness (QED) is 0.659. The summed E-state index contributed by atoms with van der Waals surface area (Å²) >= 11 is 1.39. The van der Waals surface area contributed by atoms with Gasteiger partial charge in [-0.25, -0.2) is 0 Å². The highest BCUT2D eigenvalue weighted by atomic mass is 32.1. The first kappa shape index (κ1) is 18.1. The van der Waals surface area contributed by atoms with E-state index in [1.807, 2.05) is 26.8 Å². The number of aromatic nitrogens is 3. The lowest BCUT2D eigenvalue weighted by Crippen LogP contribution is -2.23. The van der Waals surface area contributed by atoms with Crippen molar-refractivity contribution in [3.05, 3.63) is 46.0 Å². The zero-order valence-electron chi connectivity index (χ0n) is 15.1. The minimum Gasteiger partial charge on any atom is -0.468 e. The Morgan fingerprint density at radius 1 is 1.31 bits per heavy atom. The summed E-state index contributed by atoms with van der Waals surface area (Å²) in [5.41, 5.74) is 3.44. The molecule has 3 aromatic rings. The van der Waals surface area contributed by atoms with Crippen LogP contribution in [0.4, 0.5) is 0 Å². The number of fused-ring (bicyclic) bond motifs is 1. The van der Waals surface area contributed by atoms with Crippen LogP contribution in [0.2, 0.25) is 0 Å². The fourth-order valence-corrected chi connectivity index (χ4v) is 3.93. The van der Waals surface area contributed by atoms with Crippen molar-refractivity contribution in [3.63, 3.8) is 0 Å². The van der Waals surface area contributed by atoms with Crippen molar-refractivity contribution in [1.82, 2.24) is 14.3 Å². The number of benzene rings is 1. The number of thiazole rings is 1. The standard InChI is InChI=1S/C18H20N4O3S/c1-5-22-13(6-7-19-22)17(24)20-18-21(10-15(23)25-4)14-9-11(2)8-12(3)16(14)26-18/h6-9H,5,10H2,1-4H3. The van der Waals surface area contributed by atoms with E-state index in [2.05, 4.69) is 16.2 Å². The Hall–Kier alpha value is -2.74. The van der Waals surface area contributed by atoms with Gasteiger partial charge in [-0.2, -0.15) is 10.1 Å². The van der Waals surface area contributed by atoms with Crippen molar-refractivity contribution in [2.45, 2.75) is 33.9 Å². The summed E-state index contributed by atoms with van der Waals surface area (Å²) in [6.07, 6.45) is 1.58. The predicted molar refractivity (Wildman–Crippen MR) is 99.1 cm³/mol. The number of amides is 1. The largest absolute Gasteiger partial charge is 0.468 e. The third kappa shape index (κ3) is 3.32. The minimum atomic E-state index is -0.392. The van der Waals surface area contributed by atoms with E-state index in [4.69, 9.17) is 4.74 Å². The summed E-state index contributed by atoms with van der Waals surface area (Å²) < 4.78 is 9.13. The molecule has 0 aliphatic carbocycles. The zero-order chi connectivity index (χ0) is 18.8. The summed E-state index contributed by atoms with van der Waals surface area (Å²) in [5.74, 6) is -0.778. The average molecular weight is 372 g/mol. The number of hydrogen-bond acceptors (Lipinski definition) is 5. The first-order chi connectivity index (χ1) is 12.4. The van der Waals surface area contributed by atoms with E-state index in [0.29, 0.717) is 17.0 Å². The molecule has 0 saturated heterocycles. The van der Waals surface area contributed by atoms with Gasteiger partial charge in [0.1, 0.15) is 12.2 Å². The minimum absolute atomic E-state index is 0.00144. The van der Waals surface area contributed by atoms with Crippen LogP contribution in [0, 0.1) is 13.8 Å². The van der Waals surface area contributed by atoms with Crippen molar-refractivity contribution in [2.75, 3.05) is 7.11 Å². The number of ether oxygens (including phenoxy) is 1. The molecule has 7 nitrogen and oxygen atoms in total. The molecule has 26 heavy (non-hydrogen) atoms. The summed E-state index contributed by atoms with van der Waals surface area (Å²) in [6.45, 7) is 6.49. The number of carbonyl (C=O) groups is 2. The number of carbonyl (C=O) groups excluding carboxylic acids is 2. The van der Waals surface area contributed by atoms with Gasteiger partial charge >= 0.3 is 5.97 Å². The molecular formula is C18H20N4O3S. The van der Waals surface area contributed by atoms with Crippen molar-refractivity contribution in [2.24, 2.45) is 4.99 Å². The molecule has 136 valence electrons. The van der Waals surface area contributed by atoms with Crippen molar-refractivity contribution in [1.29, 1.82) is 0 Å². The van der Waals surface area contributed by atoms with Gasteiger partial charge in [-0.15, -0.1) is 0 Å². The SMILES string of the molecule is CCn1nccc1C(=O)N=c1sc2c(C)cc(C)cc2n1CC(=O)OC. The predicted octanol–water partition coefficient (Wildman–Crippen LogP) is 2.45. The second kappa shape index (κ2) is 7.25. The summed E-state index contributed by atoms with van der Waals surface area (Å²) in [4.78, 5) is 29.3. The second-order valence-electron chi connectivity index (χ2n) is 5.93. The Morgan fingerprint density at radius 2 is 2.08 bits per heavy atom. The number of rotatable bonds is 4. The van der Waals surface area contributed by atoms with Crippen molar-refractivity contribution >= 4 is 33.4 Å². The van der Waals surface area contributed by atoms with Gasteiger partial charge in [0, 0.05) is 12.7 Å². The van der Waals surface area contributed by atoms with Crippen LogP contribution in [0.15, 0.2) is 29.4 Å². The van der Waals surface area contributed by atoms with Crippen molar-refractivity contribution < 1.29 is 14.3 Å². The maximum absolute atomic E-state index is 12.6. The van der Waals surface area contributed by atoms with Crippen LogP contribution >= 0.6 is 11.3 Å². The number of nitrogens with zero attached hydrogens (tertiary/aromatic N) is 4. The summed E-state index contributed by atoms with van der Waals surface area (Å²) in [6, 6.07) is 5.70. The number of methoxy groups -OCH3 is 1. The lowest BCUT2D eigenvalue weighted by Gasteiger charge is -2.05. The van der Waals surface area contributed by atoms with Crippen molar-refractivity contribution in [3.8, 4) is 0 Å². The van der Waals surface area contributed by atoms with Gasteiger partial charge in [0.15, 0.2) is 4.80 Å². The summed E-state index contributed by atoms with van der Waals surface area (Å²) in [7, 11) is 1.34. The van der Waals surface area contributed by atoms with Gasteiger partial charge < -0.3 is 9.30 Å². The van der Waals surface area contributed by atoms with Crippen LogP contribution in [0.3, 0.4) is 0 Å². The molecule has 0 aliphatic rings. The van der Waals surface area contributed by atoms with Gasteiger partial charge in [0.2, 0.25) is 0 Å². The fraction of sp³-hybridized carbons (Fsp3) is 0.333. The Bertz CT molecular complexity index is 1060. The highest BCUT2D eigenvalue weighted by Crippen LogP contribution is 2.23. The molecule has 0 fully saturated rings. The number of esters is 1. The third-order valence-electron chi connectivity index (χ3n) is 4.06. The van der Waals surface area contributed by atoms with E-state index in [9.17, 15) is 9.59 Å². The topological polar surface area (TPSA) is 78.5 Å². The monoisotopic (exact) mass is 372 g/mol. The molecule has 0 bridgehead atoms. The Labute approximate surface area is 154 Å². The number of hydrogen-bond donors (Lipinski definition) is 0. The van der Waals surface area contributed by atoms with Gasteiger partial charge in [0.05, 0.1) is 17.3 Å². The van der Waals surface area contributed by atoms with E-state index in [0.717, 1.165) is 21.3 Å². The molecule has 3 rings (SSSR count). The molecule has 8 heteroatoms. The molecule has 0 radical (unpaired) electrons. The van der Waals surface area contributed by atoms with E-state index >= 15 is 0 Å². The van der Waals surface area contributed by atoms with Gasteiger partial charge in [-0.3, -0.25) is 14.3 Å². The van der Waals surface area contributed by atoms with Gasteiger partial charge in [-0.05, 0) is 44.0 Å². The van der Waals surface area contributed by atoms with E-state index in [-0.39, 0.29) is 12.5 Å². The number of aryl methyl sites for hydroxylation is 3. The molecule has 0 unspecified atom stereocenters. The lowest BCUT2D eigenvalue weighted by molar-refractivity contribution is -0.141. The fourth-order valence-electron chi connectivity index (χ4n) is 2.85. The van der Waals surface area contributed by atoms with Crippen LogP contribution in [0.5, 0.6) is 0 Å². The third-order valence-corrected chi connectivity index (χ3v) is 5.29. The second-order valence-corrected chi connectivity index (χ2v) is 6.90. The van der Waals surface area contributed by atoms with Crippen LogP contribution in [-0.2, 0) is 22.6 Å². The first-order valence-corrected chi connectivity index (χ1v) is 9.04. The molecule has 2 aromatic heterocycles. The van der Waals surface area contributed by atoms with E-state index < -0.39 is 5.97 Å². The molecule has 0 aliphatic heterocycles. The van der Waals surface area contributed by atoms with Crippen LogP contribution in [0.25, 0.3) is 10.2 Å². The van der Waals surface area contributed by atoms with E-state index in [1.165, 1.54) is 18.4 Å². The molecule has 0 atom stereocenters. The Kier molecular flexibility index (Phi) is 5.03. The first-order valence-electron chi connectivity index (χ1n) is 8.22. The van der Waals surface area contributed by atoms with Crippen LogP contribution < -0.4 is 4.80 Å². The maximum Gasteiger partial charge on any atom is 0.325 e.